The number of aromatic nitrogens is 3. The van der Waals surface area contributed by atoms with Gasteiger partial charge in [0.05, 0.1) is 6.26 Å². The average molecular weight is 399 g/mol. The van der Waals surface area contributed by atoms with Crippen molar-refractivity contribution in [2.45, 2.75) is 0 Å². The highest BCUT2D eigenvalue weighted by atomic mass is 16.3. The fourth-order valence-corrected chi connectivity index (χ4v) is 3.65. The SMILES string of the molecule is O=C(c1ccc(-n2cccc2)cc1)N1CCN(c2ccc(-c3ccco3)nn2)CC1. The second kappa shape index (κ2) is 7.87. The van der Waals surface area contributed by atoms with E-state index in [0.29, 0.717) is 30.1 Å². The van der Waals surface area contributed by atoms with Crippen molar-refractivity contribution in [2.24, 2.45) is 0 Å². The molecule has 0 N–H and O–H groups in total. The zero-order valence-corrected chi connectivity index (χ0v) is 16.4. The minimum absolute atomic E-state index is 0.0629. The number of hydrogen-bond donors (Lipinski definition) is 0. The molecule has 1 aromatic carbocycles. The number of nitrogens with zero attached hydrogens (tertiary/aromatic N) is 5. The molecule has 150 valence electrons. The molecule has 0 saturated carbocycles. The smallest absolute Gasteiger partial charge is 0.253 e. The van der Waals surface area contributed by atoms with Crippen molar-refractivity contribution in [2.75, 3.05) is 31.1 Å². The Morgan fingerprint density at radius 1 is 0.833 bits per heavy atom. The molecule has 1 saturated heterocycles. The van der Waals surface area contributed by atoms with Crippen molar-refractivity contribution >= 4 is 11.7 Å². The summed E-state index contributed by atoms with van der Waals surface area (Å²) in [5.74, 6) is 1.58. The van der Waals surface area contributed by atoms with Gasteiger partial charge in [0, 0.05) is 49.8 Å². The molecule has 7 nitrogen and oxygen atoms in total. The topological polar surface area (TPSA) is 67.4 Å². The summed E-state index contributed by atoms with van der Waals surface area (Å²) in [6, 6.07) is 19.2. The summed E-state index contributed by atoms with van der Waals surface area (Å²) in [5, 5.41) is 8.59. The van der Waals surface area contributed by atoms with Crippen LogP contribution in [0, 0.1) is 0 Å². The number of benzene rings is 1. The Labute approximate surface area is 174 Å². The number of amides is 1. The molecule has 7 heteroatoms. The second-order valence-corrected chi connectivity index (χ2v) is 7.17. The Balaban J connectivity index is 1.21. The molecule has 0 radical (unpaired) electrons. The molecule has 0 atom stereocenters. The lowest BCUT2D eigenvalue weighted by Gasteiger charge is -2.35. The van der Waals surface area contributed by atoms with Crippen LogP contribution in [-0.4, -0.2) is 51.8 Å². The quantitative estimate of drug-likeness (QED) is 0.526. The Bertz CT molecular complexity index is 1100. The monoisotopic (exact) mass is 399 g/mol. The summed E-state index contributed by atoms with van der Waals surface area (Å²) in [4.78, 5) is 16.9. The van der Waals surface area contributed by atoms with Crippen LogP contribution in [0.3, 0.4) is 0 Å². The third-order valence-electron chi connectivity index (χ3n) is 5.33. The lowest BCUT2D eigenvalue weighted by molar-refractivity contribution is 0.0746. The van der Waals surface area contributed by atoms with E-state index in [1.807, 2.05) is 82.5 Å². The minimum Gasteiger partial charge on any atom is -0.463 e. The van der Waals surface area contributed by atoms with Gasteiger partial charge in [-0.15, -0.1) is 10.2 Å². The second-order valence-electron chi connectivity index (χ2n) is 7.17. The highest BCUT2D eigenvalue weighted by Gasteiger charge is 2.23. The first-order valence-corrected chi connectivity index (χ1v) is 9.93. The van der Waals surface area contributed by atoms with E-state index in [9.17, 15) is 4.79 Å². The summed E-state index contributed by atoms with van der Waals surface area (Å²) in [7, 11) is 0. The minimum atomic E-state index is 0.0629. The molecule has 0 unspecified atom stereocenters. The molecule has 30 heavy (non-hydrogen) atoms. The van der Waals surface area contributed by atoms with Gasteiger partial charge in [-0.3, -0.25) is 4.79 Å². The van der Waals surface area contributed by atoms with E-state index < -0.39 is 0 Å². The van der Waals surface area contributed by atoms with Gasteiger partial charge in [-0.25, -0.2) is 0 Å². The molecular formula is C23H21N5O2. The molecule has 1 aliphatic heterocycles. The highest BCUT2D eigenvalue weighted by Crippen LogP contribution is 2.20. The Kier molecular flexibility index (Phi) is 4.77. The van der Waals surface area contributed by atoms with Gasteiger partial charge in [0.15, 0.2) is 11.6 Å². The summed E-state index contributed by atoms with van der Waals surface area (Å²) >= 11 is 0. The third kappa shape index (κ3) is 3.57. The standard InChI is InChI=1S/C23H21N5O2/c29-23(18-5-7-19(8-6-18)26-11-1-2-12-26)28-15-13-27(14-16-28)22-10-9-20(24-25-22)21-4-3-17-30-21/h1-12,17H,13-16H2. The fourth-order valence-electron chi connectivity index (χ4n) is 3.65. The third-order valence-corrected chi connectivity index (χ3v) is 5.33. The van der Waals surface area contributed by atoms with Gasteiger partial charge in [-0.2, -0.15) is 0 Å². The van der Waals surface area contributed by atoms with Crippen LogP contribution in [0.4, 0.5) is 5.82 Å². The van der Waals surface area contributed by atoms with Gasteiger partial charge in [0.1, 0.15) is 5.69 Å². The summed E-state index contributed by atoms with van der Waals surface area (Å²) in [6.45, 7) is 2.75. The van der Waals surface area contributed by atoms with Crippen LogP contribution in [0.1, 0.15) is 10.4 Å². The van der Waals surface area contributed by atoms with Crippen molar-refractivity contribution < 1.29 is 9.21 Å². The predicted molar refractivity (Wildman–Crippen MR) is 114 cm³/mol. The lowest BCUT2D eigenvalue weighted by atomic mass is 10.1. The van der Waals surface area contributed by atoms with Gasteiger partial charge >= 0.3 is 0 Å². The van der Waals surface area contributed by atoms with Gasteiger partial charge in [0.25, 0.3) is 5.91 Å². The van der Waals surface area contributed by atoms with Crippen LogP contribution in [0.2, 0.25) is 0 Å². The first-order chi connectivity index (χ1) is 14.8. The number of carbonyl (C=O) groups is 1. The van der Waals surface area contributed by atoms with Crippen molar-refractivity contribution in [3.05, 3.63) is 84.9 Å². The predicted octanol–water partition coefficient (Wildman–Crippen LogP) is 3.49. The molecule has 1 aliphatic rings. The maximum Gasteiger partial charge on any atom is 0.253 e. The zero-order valence-electron chi connectivity index (χ0n) is 16.4. The molecule has 0 spiro atoms. The normalized spacial score (nSPS) is 14.1. The van der Waals surface area contributed by atoms with Gasteiger partial charge in [0.2, 0.25) is 0 Å². The van der Waals surface area contributed by atoms with E-state index in [2.05, 4.69) is 15.1 Å². The van der Waals surface area contributed by atoms with E-state index in [1.165, 1.54) is 0 Å². The summed E-state index contributed by atoms with van der Waals surface area (Å²) in [5.41, 5.74) is 2.46. The van der Waals surface area contributed by atoms with E-state index in [0.717, 1.165) is 24.6 Å². The zero-order chi connectivity index (χ0) is 20.3. The Hall–Kier alpha value is -3.87. The fraction of sp³-hybridized carbons (Fsp3) is 0.174. The Morgan fingerprint density at radius 3 is 2.23 bits per heavy atom. The first kappa shape index (κ1) is 18.2. The van der Waals surface area contributed by atoms with Crippen LogP contribution in [0.25, 0.3) is 17.1 Å². The van der Waals surface area contributed by atoms with Crippen molar-refractivity contribution in [1.29, 1.82) is 0 Å². The molecule has 3 aromatic heterocycles. The van der Waals surface area contributed by atoms with Crippen molar-refractivity contribution in [3.63, 3.8) is 0 Å². The van der Waals surface area contributed by atoms with Gasteiger partial charge < -0.3 is 18.8 Å². The van der Waals surface area contributed by atoms with Crippen molar-refractivity contribution in [1.82, 2.24) is 19.7 Å². The molecule has 4 heterocycles. The van der Waals surface area contributed by atoms with E-state index in [4.69, 9.17) is 4.42 Å². The maximum absolute atomic E-state index is 12.9. The van der Waals surface area contributed by atoms with E-state index in [1.54, 1.807) is 6.26 Å². The van der Waals surface area contributed by atoms with Crippen LogP contribution in [0.15, 0.2) is 83.7 Å². The number of carbonyl (C=O) groups excluding carboxylic acids is 1. The van der Waals surface area contributed by atoms with Crippen LogP contribution in [-0.2, 0) is 0 Å². The highest BCUT2D eigenvalue weighted by molar-refractivity contribution is 5.94. The number of hydrogen-bond acceptors (Lipinski definition) is 5. The maximum atomic E-state index is 12.9. The molecule has 5 rings (SSSR count). The molecule has 1 amide bonds. The van der Waals surface area contributed by atoms with E-state index in [-0.39, 0.29) is 5.91 Å². The van der Waals surface area contributed by atoms with Crippen molar-refractivity contribution in [3.8, 4) is 17.1 Å². The summed E-state index contributed by atoms with van der Waals surface area (Å²) in [6.07, 6.45) is 5.59. The largest absolute Gasteiger partial charge is 0.463 e. The van der Waals surface area contributed by atoms with Crippen LogP contribution >= 0.6 is 0 Å². The number of piperazine rings is 1. The first-order valence-electron chi connectivity index (χ1n) is 9.93. The molecule has 4 aromatic rings. The molecule has 0 bridgehead atoms. The Morgan fingerprint density at radius 2 is 1.60 bits per heavy atom. The average Bonchev–Trinajstić information content (AvgIpc) is 3.54. The molecule has 0 aliphatic carbocycles. The van der Waals surface area contributed by atoms with Gasteiger partial charge in [-0.05, 0) is 60.7 Å². The van der Waals surface area contributed by atoms with Crippen LogP contribution < -0.4 is 4.90 Å². The number of anilines is 1. The molecule has 1 fully saturated rings. The number of furan rings is 1. The van der Waals surface area contributed by atoms with Crippen LogP contribution in [0.5, 0.6) is 0 Å². The lowest BCUT2D eigenvalue weighted by Crippen LogP contribution is -2.49. The van der Waals surface area contributed by atoms with Gasteiger partial charge in [-0.1, -0.05) is 0 Å². The van der Waals surface area contributed by atoms with E-state index >= 15 is 0 Å². The number of rotatable bonds is 4. The summed E-state index contributed by atoms with van der Waals surface area (Å²) < 4.78 is 7.37. The molecular weight excluding hydrogens is 378 g/mol.